The van der Waals surface area contributed by atoms with Crippen LogP contribution in [-0.2, 0) is 5.41 Å². The van der Waals surface area contributed by atoms with Crippen LogP contribution in [0.25, 0.3) is 55.3 Å². The average molecular weight is 756 g/mol. The van der Waals surface area contributed by atoms with Crippen molar-refractivity contribution in [3.8, 4) is 56.4 Å². The van der Waals surface area contributed by atoms with Gasteiger partial charge in [-0.2, -0.15) is 0 Å². The summed E-state index contributed by atoms with van der Waals surface area (Å²) in [6.07, 6.45) is 0. The van der Waals surface area contributed by atoms with E-state index in [2.05, 4.69) is 175 Å². The molecule has 2 aliphatic carbocycles. The van der Waals surface area contributed by atoms with Crippen LogP contribution in [0, 0.1) is 0 Å². The zero-order valence-electron chi connectivity index (χ0n) is 31.7. The van der Waals surface area contributed by atoms with Gasteiger partial charge in [-0.25, -0.2) is 0 Å². The van der Waals surface area contributed by atoms with Crippen LogP contribution in [0.2, 0.25) is 0 Å². The maximum absolute atomic E-state index is 7.12. The molecule has 0 radical (unpaired) electrons. The van der Waals surface area contributed by atoms with Gasteiger partial charge in [0.2, 0.25) is 0 Å². The average Bonchev–Trinajstić information content (AvgIpc) is 3.92. The monoisotopic (exact) mass is 755 g/mol. The SMILES string of the molecule is c1ccc(N(c2ccc(-c3ccc4c(c3)oc3ccccc34)cc2)c2cccc3c2Oc2cc4c(cc2O3)-c2ccccc2C42c3ccccc3-c3ccccc32)cc1. The lowest BCUT2D eigenvalue weighted by atomic mass is 9.70. The molecule has 276 valence electrons. The Hall–Kier alpha value is -7.82. The molecule has 4 nitrogen and oxygen atoms in total. The maximum atomic E-state index is 7.12. The van der Waals surface area contributed by atoms with Gasteiger partial charge in [-0.3, -0.25) is 0 Å². The molecule has 1 spiro atoms. The van der Waals surface area contributed by atoms with Crippen LogP contribution in [-0.4, -0.2) is 0 Å². The quantitative estimate of drug-likeness (QED) is 0.179. The number of hydrogen-bond acceptors (Lipinski definition) is 4. The molecular formula is C55H33NO3. The first kappa shape index (κ1) is 32.3. The Morgan fingerprint density at radius 3 is 1.69 bits per heavy atom. The standard InChI is InChI=1S/C55H33NO3/c1-2-13-36(14-3-1)56(37-28-25-34(26-29-37)35-27-30-42-41-18-7-11-23-49(41)57-51(42)31-35)48-22-12-24-50-54(48)59-53-33-47-43(32-52(53)58-50)40-17-6-10-21-46(40)55(47)44-19-8-4-15-38(44)39-16-5-9-20-45(39)55/h1-33H. The maximum Gasteiger partial charge on any atom is 0.194 e. The fourth-order valence-electron chi connectivity index (χ4n) is 10.1. The van der Waals surface area contributed by atoms with E-state index in [0.29, 0.717) is 23.0 Å². The molecule has 0 saturated heterocycles. The predicted molar refractivity (Wildman–Crippen MR) is 237 cm³/mol. The van der Waals surface area contributed by atoms with Crippen molar-refractivity contribution in [1.82, 2.24) is 0 Å². The van der Waals surface area contributed by atoms with Crippen molar-refractivity contribution in [2.45, 2.75) is 5.41 Å². The first-order valence-electron chi connectivity index (χ1n) is 20.1. The minimum Gasteiger partial charge on any atom is -0.456 e. The largest absolute Gasteiger partial charge is 0.456 e. The third kappa shape index (κ3) is 4.48. The molecule has 0 bridgehead atoms. The third-order valence-electron chi connectivity index (χ3n) is 12.5. The van der Waals surface area contributed by atoms with Crippen molar-refractivity contribution in [2.75, 3.05) is 4.90 Å². The zero-order chi connectivity index (χ0) is 38.7. The first-order valence-corrected chi connectivity index (χ1v) is 20.1. The van der Waals surface area contributed by atoms with Gasteiger partial charge in [0.05, 0.1) is 11.1 Å². The topological polar surface area (TPSA) is 34.8 Å². The smallest absolute Gasteiger partial charge is 0.194 e. The molecule has 1 aromatic heterocycles. The Kier molecular flexibility index (Phi) is 6.62. The Bertz CT molecular complexity index is 3300. The van der Waals surface area contributed by atoms with Crippen molar-refractivity contribution in [1.29, 1.82) is 0 Å². The molecule has 0 fully saturated rings. The molecular weight excluding hydrogens is 723 g/mol. The molecule has 13 rings (SSSR count). The summed E-state index contributed by atoms with van der Waals surface area (Å²) in [4.78, 5) is 2.24. The number of rotatable bonds is 4. The first-order chi connectivity index (χ1) is 29.2. The van der Waals surface area contributed by atoms with E-state index in [1.165, 1.54) is 44.5 Å². The molecule has 59 heavy (non-hydrogen) atoms. The lowest BCUT2D eigenvalue weighted by Crippen LogP contribution is -2.25. The summed E-state index contributed by atoms with van der Waals surface area (Å²) < 4.78 is 20.2. The van der Waals surface area contributed by atoms with Gasteiger partial charge >= 0.3 is 0 Å². The highest BCUT2D eigenvalue weighted by atomic mass is 16.6. The van der Waals surface area contributed by atoms with Crippen LogP contribution in [0.1, 0.15) is 22.3 Å². The van der Waals surface area contributed by atoms with Gasteiger partial charge < -0.3 is 18.8 Å². The molecule has 0 N–H and O–H groups in total. The molecule has 0 atom stereocenters. The lowest BCUT2D eigenvalue weighted by molar-refractivity contribution is 0.360. The second-order valence-electron chi connectivity index (χ2n) is 15.6. The number of furan rings is 1. The van der Waals surface area contributed by atoms with Crippen molar-refractivity contribution < 1.29 is 13.9 Å². The van der Waals surface area contributed by atoms with Gasteiger partial charge in [-0.15, -0.1) is 0 Å². The van der Waals surface area contributed by atoms with Crippen LogP contribution in [0.15, 0.2) is 205 Å². The molecule has 9 aromatic carbocycles. The fraction of sp³-hybridized carbons (Fsp3) is 0.0182. The minimum absolute atomic E-state index is 0.482. The Morgan fingerprint density at radius 1 is 0.356 bits per heavy atom. The van der Waals surface area contributed by atoms with E-state index in [1.54, 1.807) is 0 Å². The summed E-state index contributed by atoms with van der Waals surface area (Å²) in [6.45, 7) is 0. The van der Waals surface area contributed by atoms with E-state index < -0.39 is 5.41 Å². The number of hydrogen-bond donors (Lipinski definition) is 0. The van der Waals surface area contributed by atoms with Gasteiger partial charge in [0.25, 0.3) is 0 Å². The van der Waals surface area contributed by atoms with E-state index >= 15 is 0 Å². The second-order valence-corrected chi connectivity index (χ2v) is 15.6. The molecule has 0 unspecified atom stereocenters. The summed E-state index contributed by atoms with van der Waals surface area (Å²) in [6, 6.07) is 70.9. The molecule has 0 saturated carbocycles. The highest BCUT2D eigenvalue weighted by Gasteiger charge is 2.52. The van der Waals surface area contributed by atoms with Crippen molar-refractivity contribution in [2.24, 2.45) is 0 Å². The number of fused-ring (bicyclic) bond motifs is 15. The van der Waals surface area contributed by atoms with E-state index in [4.69, 9.17) is 13.9 Å². The molecule has 4 heteroatoms. The van der Waals surface area contributed by atoms with E-state index in [0.717, 1.165) is 50.1 Å². The molecule has 1 aliphatic heterocycles. The van der Waals surface area contributed by atoms with Crippen molar-refractivity contribution in [3.63, 3.8) is 0 Å². The highest BCUT2D eigenvalue weighted by molar-refractivity contribution is 6.06. The van der Waals surface area contributed by atoms with E-state index in [1.807, 2.05) is 30.3 Å². The molecule has 10 aromatic rings. The van der Waals surface area contributed by atoms with Gasteiger partial charge in [-0.1, -0.05) is 133 Å². The van der Waals surface area contributed by atoms with Crippen LogP contribution in [0.3, 0.4) is 0 Å². The predicted octanol–water partition coefficient (Wildman–Crippen LogP) is 15.0. The minimum atomic E-state index is -0.482. The van der Waals surface area contributed by atoms with E-state index in [9.17, 15) is 0 Å². The van der Waals surface area contributed by atoms with Gasteiger partial charge in [0.15, 0.2) is 23.0 Å². The van der Waals surface area contributed by atoms with Gasteiger partial charge in [-0.05, 0) is 122 Å². The summed E-state index contributed by atoms with van der Waals surface area (Å²) in [7, 11) is 0. The molecule has 3 aliphatic rings. The van der Waals surface area contributed by atoms with Crippen molar-refractivity contribution >= 4 is 39.0 Å². The summed E-state index contributed by atoms with van der Waals surface area (Å²) in [5, 5.41) is 2.25. The van der Waals surface area contributed by atoms with Crippen molar-refractivity contribution in [3.05, 3.63) is 222 Å². The number of ether oxygens (including phenoxy) is 2. The molecule has 0 amide bonds. The number of para-hydroxylation sites is 3. The zero-order valence-corrected chi connectivity index (χ0v) is 31.7. The fourth-order valence-corrected chi connectivity index (χ4v) is 10.1. The van der Waals surface area contributed by atoms with Gasteiger partial charge in [0.1, 0.15) is 11.2 Å². The summed E-state index contributed by atoms with van der Waals surface area (Å²) in [5.74, 6) is 2.74. The van der Waals surface area contributed by atoms with Crippen LogP contribution in [0.4, 0.5) is 17.1 Å². The summed E-state index contributed by atoms with van der Waals surface area (Å²) >= 11 is 0. The number of nitrogens with zero attached hydrogens (tertiary/aromatic N) is 1. The Labute approximate surface area is 340 Å². The Balaban J connectivity index is 0.933. The number of benzene rings is 9. The lowest BCUT2D eigenvalue weighted by Gasteiger charge is -2.32. The van der Waals surface area contributed by atoms with Crippen LogP contribution >= 0.6 is 0 Å². The normalized spacial score (nSPS) is 13.5. The third-order valence-corrected chi connectivity index (χ3v) is 12.5. The number of anilines is 3. The van der Waals surface area contributed by atoms with Crippen LogP contribution < -0.4 is 14.4 Å². The van der Waals surface area contributed by atoms with Gasteiger partial charge in [0, 0.05) is 22.1 Å². The highest BCUT2D eigenvalue weighted by Crippen LogP contribution is 2.65. The van der Waals surface area contributed by atoms with Crippen LogP contribution in [0.5, 0.6) is 23.0 Å². The summed E-state index contributed by atoms with van der Waals surface area (Å²) in [5.41, 5.74) is 16.4. The Morgan fingerprint density at radius 2 is 0.949 bits per heavy atom. The second kappa shape index (κ2) is 12.1. The van der Waals surface area contributed by atoms with E-state index in [-0.39, 0.29) is 0 Å². The molecule has 2 heterocycles.